The fourth-order valence-electron chi connectivity index (χ4n) is 1.98. The highest BCUT2D eigenvalue weighted by molar-refractivity contribution is 5.89. The maximum absolute atomic E-state index is 11.8. The summed E-state index contributed by atoms with van der Waals surface area (Å²) in [6.45, 7) is 10.7. The van der Waals surface area contributed by atoms with E-state index in [1.54, 1.807) is 0 Å². The van der Waals surface area contributed by atoms with Crippen LogP contribution in [-0.4, -0.2) is 29.9 Å². The molecule has 0 saturated carbocycles. The van der Waals surface area contributed by atoms with E-state index in [0.29, 0.717) is 6.54 Å². The van der Waals surface area contributed by atoms with Crippen LogP contribution in [0.3, 0.4) is 0 Å². The predicted molar refractivity (Wildman–Crippen MR) is 93.9 cm³/mol. The van der Waals surface area contributed by atoms with E-state index in [9.17, 15) is 9.90 Å². The minimum absolute atomic E-state index is 0.0962. The average molecular weight is 322 g/mol. The number of nitrogens with one attached hydrogen (secondary N) is 2. The van der Waals surface area contributed by atoms with Crippen molar-refractivity contribution in [3.63, 3.8) is 0 Å². The lowest BCUT2D eigenvalue weighted by atomic mass is 9.89. The summed E-state index contributed by atoms with van der Waals surface area (Å²) in [5, 5.41) is 14.8. The molecule has 1 aromatic carbocycles. The van der Waals surface area contributed by atoms with Crippen molar-refractivity contribution in [3.05, 3.63) is 24.3 Å². The first-order valence-electron chi connectivity index (χ1n) is 8.06. The first-order valence-corrected chi connectivity index (χ1v) is 8.06. The number of urea groups is 1. The summed E-state index contributed by atoms with van der Waals surface area (Å²) in [5.74, 6) is 0.773. The van der Waals surface area contributed by atoms with E-state index >= 15 is 0 Å². The van der Waals surface area contributed by atoms with Gasteiger partial charge in [0, 0.05) is 18.8 Å². The van der Waals surface area contributed by atoms with E-state index in [1.165, 1.54) is 0 Å². The number of aliphatic hydroxyl groups excluding tert-OH is 1. The lowest BCUT2D eigenvalue weighted by Crippen LogP contribution is -2.30. The van der Waals surface area contributed by atoms with E-state index in [2.05, 4.69) is 10.6 Å². The summed E-state index contributed by atoms with van der Waals surface area (Å²) in [5.41, 5.74) is 0.384. The number of benzene rings is 1. The van der Waals surface area contributed by atoms with Crippen LogP contribution < -0.4 is 15.4 Å². The number of hydrogen-bond donors (Lipinski definition) is 3. The molecule has 0 fully saturated rings. The number of anilines is 1. The highest BCUT2D eigenvalue weighted by atomic mass is 16.5. The summed E-state index contributed by atoms with van der Waals surface area (Å²) < 4.78 is 5.73. The Morgan fingerprint density at radius 3 is 2.26 bits per heavy atom. The molecule has 0 bridgehead atoms. The maximum atomic E-state index is 11.8. The van der Waals surface area contributed by atoms with Crippen molar-refractivity contribution in [2.75, 3.05) is 18.5 Å². The summed E-state index contributed by atoms with van der Waals surface area (Å²) in [7, 11) is 0. The van der Waals surface area contributed by atoms with E-state index in [-0.39, 0.29) is 23.7 Å². The maximum Gasteiger partial charge on any atom is 0.319 e. The second kappa shape index (κ2) is 8.20. The zero-order chi connectivity index (χ0) is 17.5. The molecule has 3 N–H and O–H groups in total. The molecule has 130 valence electrons. The number of carbonyl (C=O) groups excluding carboxylic acids is 1. The lowest BCUT2D eigenvalue weighted by molar-refractivity contribution is 0.131. The van der Waals surface area contributed by atoms with Crippen LogP contribution in [0.4, 0.5) is 10.5 Å². The number of hydrogen-bond acceptors (Lipinski definition) is 3. The smallest absolute Gasteiger partial charge is 0.319 e. The van der Waals surface area contributed by atoms with Crippen molar-refractivity contribution in [2.24, 2.45) is 5.41 Å². The number of amides is 2. The molecule has 23 heavy (non-hydrogen) atoms. The normalized spacial score (nSPS) is 11.9. The number of aliphatic hydroxyl groups is 1. The fraction of sp³-hybridized carbons (Fsp3) is 0.611. The van der Waals surface area contributed by atoms with Gasteiger partial charge in [0.1, 0.15) is 11.4 Å². The molecule has 0 radical (unpaired) electrons. The molecule has 5 heteroatoms. The first-order chi connectivity index (χ1) is 10.6. The molecule has 1 rings (SSSR count). The molecule has 0 heterocycles. The molecular weight excluding hydrogens is 292 g/mol. The van der Waals surface area contributed by atoms with Gasteiger partial charge in [-0.2, -0.15) is 0 Å². The third-order valence-corrected chi connectivity index (χ3v) is 3.28. The van der Waals surface area contributed by atoms with E-state index < -0.39 is 0 Å². The van der Waals surface area contributed by atoms with Crippen LogP contribution in [0.15, 0.2) is 24.3 Å². The standard InChI is InChI=1S/C18H30N2O3/c1-17(2,3)23-15-9-7-14(8-10-15)20-16(22)19-12-6-11-18(4,5)13-21/h7-10,21H,6,11-13H2,1-5H3,(H2,19,20,22). The second-order valence-corrected chi connectivity index (χ2v) is 7.55. The minimum atomic E-state index is -0.241. The molecule has 0 aliphatic heterocycles. The van der Waals surface area contributed by atoms with Crippen molar-refractivity contribution < 1.29 is 14.6 Å². The molecule has 0 unspecified atom stereocenters. The summed E-state index contributed by atoms with van der Waals surface area (Å²) >= 11 is 0. The van der Waals surface area contributed by atoms with E-state index in [0.717, 1.165) is 24.3 Å². The van der Waals surface area contributed by atoms with Gasteiger partial charge in [-0.25, -0.2) is 4.79 Å². The van der Waals surface area contributed by atoms with Crippen molar-refractivity contribution in [1.29, 1.82) is 0 Å². The quantitative estimate of drug-likeness (QED) is 0.669. The number of ether oxygens (including phenoxy) is 1. The topological polar surface area (TPSA) is 70.6 Å². The van der Waals surface area contributed by atoms with Crippen LogP contribution >= 0.6 is 0 Å². The third kappa shape index (κ3) is 8.45. The summed E-state index contributed by atoms with van der Waals surface area (Å²) in [4.78, 5) is 11.8. The summed E-state index contributed by atoms with van der Waals surface area (Å²) in [6, 6.07) is 7.08. The number of rotatable bonds is 7. The zero-order valence-corrected chi connectivity index (χ0v) is 14.9. The SMILES string of the molecule is CC(C)(CO)CCCNC(=O)Nc1ccc(OC(C)(C)C)cc1. The van der Waals surface area contributed by atoms with Crippen molar-refractivity contribution in [1.82, 2.24) is 5.32 Å². The van der Waals surface area contributed by atoms with Gasteiger partial charge in [0.05, 0.1) is 0 Å². The molecule has 0 aliphatic rings. The Morgan fingerprint density at radius 1 is 1.13 bits per heavy atom. The molecule has 0 aromatic heterocycles. The van der Waals surface area contributed by atoms with Gasteiger partial charge in [-0.05, 0) is 63.3 Å². The molecular formula is C18H30N2O3. The van der Waals surface area contributed by atoms with Crippen LogP contribution in [0.25, 0.3) is 0 Å². The number of carbonyl (C=O) groups is 1. The zero-order valence-electron chi connectivity index (χ0n) is 14.9. The summed E-state index contributed by atoms with van der Waals surface area (Å²) in [6.07, 6.45) is 1.70. The monoisotopic (exact) mass is 322 g/mol. The highest BCUT2D eigenvalue weighted by Crippen LogP contribution is 2.21. The van der Waals surface area contributed by atoms with Gasteiger partial charge < -0.3 is 20.5 Å². The van der Waals surface area contributed by atoms with Gasteiger partial charge in [0.15, 0.2) is 0 Å². The second-order valence-electron chi connectivity index (χ2n) is 7.55. The van der Waals surface area contributed by atoms with Crippen LogP contribution in [0.1, 0.15) is 47.5 Å². The minimum Gasteiger partial charge on any atom is -0.488 e. The Labute approximate surface area is 139 Å². The Kier molecular flexibility index (Phi) is 6.88. The van der Waals surface area contributed by atoms with Crippen LogP contribution in [0, 0.1) is 5.41 Å². The van der Waals surface area contributed by atoms with Gasteiger partial charge in [0.25, 0.3) is 0 Å². The molecule has 0 aliphatic carbocycles. The van der Waals surface area contributed by atoms with Crippen molar-refractivity contribution in [3.8, 4) is 5.75 Å². The van der Waals surface area contributed by atoms with E-state index in [1.807, 2.05) is 58.9 Å². The van der Waals surface area contributed by atoms with Crippen molar-refractivity contribution >= 4 is 11.7 Å². The van der Waals surface area contributed by atoms with Gasteiger partial charge in [-0.1, -0.05) is 13.8 Å². The Bertz CT molecular complexity index is 490. The van der Waals surface area contributed by atoms with E-state index in [4.69, 9.17) is 4.74 Å². The largest absolute Gasteiger partial charge is 0.488 e. The van der Waals surface area contributed by atoms with Crippen LogP contribution in [0.5, 0.6) is 5.75 Å². The Hall–Kier alpha value is -1.75. The fourth-order valence-corrected chi connectivity index (χ4v) is 1.98. The molecule has 2 amide bonds. The van der Waals surface area contributed by atoms with Gasteiger partial charge >= 0.3 is 6.03 Å². The average Bonchev–Trinajstić information content (AvgIpc) is 2.44. The van der Waals surface area contributed by atoms with Crippen LogP contribution in [-0.2, 0) is 0 Å². The van der Waals surface area contributed by atoms with Gasteiger partial charge in [0.2, 0.25) is 0 Å². The Balaban J connectivity index is 2.34. The first kappa shape index (κ1) is 19.3. The highest BCUT2D eigenvalue weighted by Gasteiger charge is 2.15. The molecule has 0 spiro atoms. The van der Waals surface area contributed by atoms with Crippen LogP contribution in [0.2, 0.25) is 0 Å². The Morgan fingerprint density at radius 2 is 1.74 bits per heavy atom. The molecule has 5 nitrogen and oxygen atoms in total. The van der Waals surface area contributed by atoms with Gasteiger partial charge in [-0.15, -0.1) is 0 Å². The lowest BCUT2D eigenvalue weighted by Gasteiger charge is -2.21. The molecule has 0 saturated heterocycles. The predicted octanol–water partition coefficient (Wildman–Crippen LogP) is 3.78. The third-order valence-electron chi connectivity index (χ3n) is 3.28. The van der Waals surface area contributed by atoms with Crippen molar-refractivity contribution in [2.45, 2.75) is 53.1 Å². The van der Waals surface area contributed by atoms with Gasteiger partial charge in [-0.3, -0.25) is 0 Å². The molecule has 0 atom stereocenters. The molecule has 1 aromatic rings.